The molecule has 5 fully saturated rings. The highest BCUT2D eigenvalue weighted by atomic mass is 16.2. The fraction of sp³-hybridized carbons (Fsp3) is 0.938. The quantitative estimate of drug-likeness (QED) is 0.817. The molecule has 0 unspecified atom stereocenters. The van der Waals surface area contributed by atoms with Crippen molar-refractivity contribution in [3.05, 3.63) is 0 Å². The van der Waals surface area contributed by atoms with Crippen molar-refractivity contribution in [2.75, 3.05) is 13.1 Å². The molecule has 5 rings (SSSR count). The Morgan fingerprint density at radius 1 is 1.11 bits per heavy atom. The summed E-state index contributed by atoms with van der Waals surface area (Å²) in [6.45, 7) is 1.96. The Labute approximate surface area is 115 Å². The van der Waals surface area contributed by atoms with Crippen molar-refractivity contribution in [3.63, 3.8) is 0 Å². The van der Waals surface area contributed by atoms with E-state index in [-0.39, 0.29) is 11.9 Å². The molecule has 1 heterocycles. The number of carbonyl (C=O) groups excluding carboxylic acids is 1. The molecular formula is C16H26N2O. The van der Waals surface area contributed by atoms with Gasteiger partial charge < -0.3 is 10.6 Å². The van der Waals surface area contributed by atoms with Crippen molar-refractivity contribution in [2.45, 2.75) is 57.4 Å². The topological polar surface area (TPSA) is 41.1 Å². The second kappa shape index (κ2) is 4.47. The molecule has 106 valence electrons. The van der Waals surface area contributed by atoms with Crippen LogP contribution in [0.2, 0.25) is 0 Å². The van der Waals surface area contributed by atoms with Gasteiger partial charge in [0.15, 0.2) is 0 Å². The second-order valence-electron chi connectivity index (χ2n) is 7.78. The molecule has 1 aliphatic heterocycles. The van der Waals surface area contributed by atoms with E-state index in [4.69, 9.17) is 0 Å². The monoisotopic (exact) mass is 262 g/mol. The van der Waals surface area contributed by atoms with Crippen LogP contribution in [0.25, 0.3) is 0 Å². The van der Waals surface area contributed by atoms with Crippen LogP contribution >= 0.6 is 0 Å². The zero-order chi connectivity index (χ0) is 12.9. The predicted octanol–water partition coefficient (Wildman–Crippen LogP) is 2.07. The first-order valence-electron chi connectivity index (χ1n) is 8.24. The van der Waals surface area contributed by atoms with E-state index >= 15 is 0 Å². The maximum absolute atomic E-state index is 12.2. The Morgan fingerprint density at radius 3 is 2.26 bits per heavy atom. The van der Waals surface area contributed by atoms with Crippen molar-refractivity contribution in [2.24, 2.45) is 23.2 Å². The summed E-state index contributed by atoms with van der Waals surface area (Å²) in [5, 5.41) is 6.58. The summed E-state index contributed by atoms with van der Waals surface area (Å²) < 4.78 is 0. The predicted molar refractivity (Wildman–Crippen MR) is 74.6 cm³/mol. The van der Waals surface area contributed by atoms with Crippen LogP contribution < -0.4 is 10.6 Å². The fourth-order valence-corrected chi connectivity index (χ4v) is 5.81. The second-order valence-corrected chi connectivity index (χ2v) is 7.78. The van der Waals surface area contributed by atoms with Gasteiger partial charge in [0, 0.05) is 6.54 Å². The average Bonchev–Trinajstić information content (AvgIpc) is 2.88. The Balaban J connectivity index is 1.38. The third-order valence-corrected chi connectivity index (χ3v) is 6.18. The highest BCUT2D eigenvalue weighted by Gasteiger charge is 2.50. The molecule has 0 aromatic rings. The third kappa shape index (κ3) is 2.20. The summed E-state index contributed by atoms with van der Waals surface area (Å²) in [7, 11) is 0. The first-order valence-corrected chi connectivity index (χ1v) is 8.24. The first kappa shape index (κ1) is 12.2. The zero-order valence-corrected chi connectivity index (χ0v) is 11.8. The molecule has 3 nitrogen and oxygen atoms in total. The van der Waals surface area contributed by atoms with Gasteiger partial charge in [-0.15, -0.1) is 0 Å². The minimum absolute atomic E-state index is 0.0916. The molecule has 1 atom stereocenters. The lowest BCUT2D eigenvalue weighted by molar-refractivity contribution is -0.124. The van der Waals surface area contributed by atoms with Crippen LogP contribution in [0.1, 0.15) is 51.4 Å². The molecular weight excluding hydrogens is 236 g/mol. The zero-order valence-electron chi connectivity index (χ0n) is 11.8. The largest absolute Gasteiger partial charge is 0.354 e. The SMILES string of the molecule is O=C(NCC12CC3CC(CC(C3)C1)C2)[C@H]1CCCN1. The van der Waals surface area contributed by atoms with Gasteiger partial charge in [-0.3, -0.25) is 4.79 Å². The number of hydrogen-bond acceptors (Lipinski definition) is 2. The van der Waals surface area contributed by atoms with Crippen molar-refractivity contribution < 1.29 is 4.79 Å². The van der Waals surface area contributed by atoms with Gasteiger partial charge in [-0.1, -0.05) is 0 Å². The van der Waals surface area contributed by atoms with Crippen LogP contribution in [-0.4, -0.2) is 25.0 Å². The molecule has 4 bridgehead atoms. The average molecular weight is 262 g/mol. The molecule has 0 radical (unpaired) electrons. The number of carbonyl (C=O) groups is 1. The number of nitrogens with one attached hydrogen (secondary N) is 2. The lowest BCUT2D eigenvalue weighted by Gasteiger charge is -2.57. The van der Waals surface area contributed by atoms with Gasteiger partial charge in [0.2, 0.25) is 5.91 Å². The normalized spacial score (nSPS) is 47.6. The standard InChI is InChI=1S/C16H26N2O/c19-15(14-2-1-3-17-14)18-10-16-7-11-4-12(8-16)6-13(5-11)9-16/h11-14,17H,1-10H2,(H,18,19)/t11?,12?,13?,14-,16?/m1/s1. The molecule has 2 N–H and O–H groups in total. The Bertz CT molecular complexity index is 338. The van der Waals surface area contributed by atoms with E-state index < -0.39 is 0 Å². The summed E-state index contributed by atoms with van der Waals surface area (Å²) in [6.07, 6.45) is 10.8. The Hall–Kier alpha value is -0.570. The molecule has 3 heteroatoms. The summed E-state index contributed by atoms with van der Waals surface area (Å²) in [5.74, 6) is 3.20. The van der Waals surface area contributed by atoms with Crippen molar-refractivity contribution in [1.29, 1.82) is 0 Å². The van der Waals surface area contributed by atoms with E-state index in [1.807, 2.05) is 0 Å². The van der Waals surface area contributed by atoms with Gasteiger partial charge in [-0.25, -0.2) is 0 Å². The van der Waals surface area contributed by atoms with E-state index in [0.717, 1.165) is 43.7 Å². The molecule has 1 saturated heterocycles. The van der Waals surface area contributed by atoms with Crippen LogP contribution in [0.3, 0.4) is 0 Å². The highest BCUT2D eigenvalue weighted by Crippen LogP contribution is 2.59. The van der Waals surface area contributed by atoms with Gasteiger partial charge >= 0.3 is 0 Å². The smallest absolute Gasteiger partial charge is 0.237 e. The molecule has 5 aliphatic rings. The van der Waals surface area contributed by atoms with Crippen molar-refractivity contribution in [1.82, 2.24) is 10.6 Å². The van der Waals surface area contributed by atoms with Crippen molar-refractivity contribution >= 4 is 5.91 Å². The van der Waals surface area contributed by atoms with Gasteiger partial charge in [0.1, 0.15) is 0 Å². The third-order valence-electron chi connectivity index (χ3n) is 6.18. The number of rotatable bonds is 3. The van der Waals surface area contributed by atoms with E-state index in [1.165, 1.54) is 38.5 Å². The molecule has 1 amide bonds. The highest BCUT2D eigenvalue weighted by molar-refractivity contribution is 5.82. The Morgan fingerprint density at radius 2 is 1.74 bits per heavy atom. The fourth-order valence-electron chi connectivity index (χ4n) is 5.81. The first-order chi connectivity index (χ1) is 9.22. The summed E-state index contributed by atoms with van der Waals surface area (Å²) in [6, 6.07) is 0.0916. The minimum Gasteiger partial charge on any atom is -0.354 e. The van der Waals surface area contributed by atoms with Crippen LogP contribution in [-0.2, 0) is 4.79 Å². The maximum Gasteiger partial charge on any atom is 0.237 e. The van der Waals surface area contributed by atoms with Gasteiger partial charge in [0.05, 0.1) is 6.04 Å². The number of hydrogen-bond donors (Lipinski definition) is 2. The van der Waals surface area contributed by atoms with E-state index in [1.54, 1.807) is 0 Å². The van der Waals surface area contributed by atoms with E-state index in [2.05, 4.69) is 10.6 Å². The molecule has 4 aliphatic carbocycles. The van der Waals surface area contributed by atoms with Crippen LogP contribution in [0.15, 0.2) is 0 Å². The lowest BCUT2D eigenvalue weighted by atomic mass is 9.49. The molecule has 0 aromatic carbocycles. The van der Waals surface area contributed by atoms with Crippen LogP contribution in [0.4, 0.5) is 0 Å². The summed E-state index contributed by atoms with van der Waals surface area (Å²) in [4.78, 5) is 12.2. The summed E-state index contributed by atoms with van der Waals surface area (Å²) >= 11 is 0. The van der Waals surface area contributed by atoms with Crippen molar-refractivity contribution in [3.8, 4) is 0 Å². The van der Waals surface area contributed by atoms with E-state index in [0.29, 0.717) is 5.41 Å². The maximum atomic E-state index is 12.2. The van der Waals surface area contributed by atoms with Crippen LogP contribution in [0.5, 0.6) is 0 Å². The Kier molecular flexibility index (Phi) is 2.87. The van der Waals surface area contributed by atoms with Gasteiger partial charge in [-0.05, 0) is 81.1 Å². The molecule has 0 aromatic heterocycles. The number of amides is 1. The van der Waals surface area contributed by atoms with Crippen LogP contribution in [0, 0.1) is 23.2 Å². The minimum atomic E-state index is 0.0916. The van der Waals surface area contributed by atoms with Gasteiger partial charge in [0.25, 0.3) is 0 Å². The molecule has 4 saturated carbocycles. The van der Waals surface area contributed by atoms with E-state index in [9.17, 15) is 4.79 Å². The molecule has 0 spiro atoms. The lowest BCUT2D eigenvalue weighted by Crippen LogP contribution is -2.52. The molecule has 19 heavy (non-hydrogen) atoms. The summed E-state index contributed by atoms with van der Waals surface area (Å²) in [5.41, 5.74) is 0.475. The van der Waals surface area contributed by atoms with Gasteiger partial charge in [-0.2, -0.15) is 0 Å².